The number of carbonyl (C=O) groups excluding carboxylic acids is 3. The maximum atomic E-state index is 13.9. The number of nitrogens with one attached hydrogen (secondary N) is 1. The molecule has 180 valence electrons. The minimum atomic E-state index is -0.529. The van der Waals surface area contributed by atoms with E-state index >= 15 is 0 Å². The summed E-state index contributed by atoms with van der Waals surface area (Å²) < 4.78 is 13.9. The zero-order chi connectivity index (χ0) is 24.8. The van der Waals surface area contributed by atoms with Gasteiger partial charge < -0.3 is 10.2 Å². The third-order valence-corrected chi connectivity index (χ3v) is 6.51. The number of hydrogen-bond acceptors (Lipinski definition) is 5. The van der Waals surface area contributed by atoms with Gasteiger partial charge in [0.05, 0.1) is 16.9 Å². The van der Waals surface area contributed by atoms with E-state index in [-0.39, 0.29) is 29.3 Å². The van der Waals surface area contributed by atoms with Crippen molar-refractivity contribution < 1.29 is 18.8 Å². The van der Waals surface area contributed by atoms with Crippen molar-refractivity contribution in [3.05, 3.63) is 83.1 Å². The fraction of sp³-hybridized carbons (Fsp3) is 0.231. The zero-order valence-electron chi connectivity index (χ0n) is 19.2. The molecular weight excluding hydrogens is 467 g/mol. The highest BCUT2D eigenvalue weighted by Gasteiger charge is 2.25. The predicted octanol–water partition coefficient (Wildman–Crippen LogP) is 4.40. The monoisotopic (exact) mass is 492 g/mol. The normalized spacial score (nSPS) is 14.2. The standard InChI is InChI=1S/C26H25FN4O3S/c1-18(32)31(21-7-3-2-4-8-21)26-29-20(17-35-26)11-12-24(33)28-19-13-15-30(16-14-19)25(34)22-9-5-6-10-23(22)27/h2-12,17,19H,13-16H2,1H3,(H,28,33)/b12-11+. The second-order valence-electron chi connectivity index (χ2n) is 8.13. The van der Waals surface area contributed by atoms with Gasteiger partial charge in [-0.1, -0.05) is 30.3 Å². The van der Waals surface area contributed by atoms with E-state index in [0.29, 0.717) is 36.8 Å². The Balaban J connectivity index is 1.30. The van der Waals surface area contributed by atoms with Crippen molar-refractivity contribution >= 4 is 46.0 Å². The Bertz CT molecular complexity index is 1240. The van der Waals surface area contributed by atoms with E-state index in [1.807, 2.05) is 30.3 Å². The molecule has 0 spiro atoms. The average molecular weight is 493 g/mol. The lowest BCUT2D eigenvalue weighted by Crippen LogP contribution is -2.46. The van der Waals surface area contributed by atoms with Crippen LogP contribution in [0.5, 0.6) is 0 Å². The Morgan fingerprint density at radius 2 is 1.77 bits per heavy atom. The van der Waals surface area contributed by atoms with Gasteiger partial charge >= 0.3 is 0 Å². The smallest absolute Gasteiger partial charge is 0.256 e. The molecule has 1 fully saturated rings. The van der Waals surface area contributed by atoms with Gasteiger partial charge in [-0.15, -0.1) is 11.3 Å². The predicted molar refractivity (Wildman–Crippen MR) is 134 cm³/mol. The Hall–Kier alpha value is -3.85. The van der Waals surface area contributed by atoms with Crippen LogP contribution in [0.4, 0.5) is 15.2 Å². The maximum absolute atomic E-state index is 13.9. The van der Waals surface area contributed by atoms with Gasteiger partial charge in [-0.3, -0.25) is 19.3 Å². The molecule has 9 heteroatoms. The fourth-order valence-electron chi connectivity index (χ4n) is 3.90. The van der Waals surface area contributed by atoms with Gasteiger partial charge in [0.1, 0.15) is 5.82 Å². The maximum Gasteiger partial charge on any atom is 0.256 e. The van der Waals surface area contributed by atoms with Crippen molar-refractivity contribution in [2.75, 3.05) is 18.0 Å². The summed E-state index contributed by atoms with van der Waals surface area (Å²) in [5.74, 6) is -1.27. The molecule has 1 aliphatic heterocycles. The van der Waals surface area contributed by atoms with Crippen molar-refractivity contribution in [3.63, 3.8) is 0 Å². The van der Waals surface area contributed by atoms with Crippen molar-refractivity contribution in [1.82, 2.24) is 15.2 Å². The Labute approximate surface area is 206 Å². The van der Waals surface area contributed by atoms with Crippen molar-refractivity contribution in [3.8, 4) is 0 Å². The summed E-state index contributed by atoms with van der Waals surface area (Å²) in [6.07, 6.45) is 4.20. The topological polar surface area (TPSA) is 82.6 Å². The lowest BCUT2D eigenvalue weighted by atomic mass is 10.0. The molecule has 3 aromatic rings. The number of halogens is 1. The van der Waals surface area contributed by atoms with E-state index < -0.39 is 5.82 Å². The van der Waals surface area contributed by atoms with Gasteiger partial charge in [-0.25, -0.2) is 9.37 Å². The second kappa shape index (κ2) is 11.1. The molecule has 2 heterocycles. The number of carbonyl (C=O) groups is 3. The van der Waals surface area contributed by atoms with Crippen LogP contribution >= 0.6 is 11.3 Å². The summed E-state index contributed by atoms with van der Waals surface area (Å²) >= 11 is 1.32. The van der Waals surface area contributed by atoms with Gasteiger partial charge in [0.15, 0.2) is 5.13 Å². The van der Waals surface area contributed by atoms with Crippen LogP contribution in [0.15, 0.2) is 66.1 Å². The fourth-order valence-corrected chi connectivity index (χ4v) is 4.76. The van der Waals surface area contributed by atoms with Crippen molar-refractivity contribution in [1.29, 1.82) is 0 Å². The van der Waals surface area contributed by atoms with Crippen LogP contribution in [0, 0.1) is 5.82 Å². The molecule has 0 radical (unpaired) electrons. The van der Waals surface area contributed by atoms with Crippen LogP contribution in [0.25, 0.3) is 6.08 Å². The number of aromatic nitrogens is 1. The number of thiazole rings is 1. The molecule has 0 bridgehead atoms. The minimum absolute atomic E-state index is 0.0659. The third-order valence-electron chi connectivity index (χ3n) is 5.67. The van der Waals surface area contributed by atoms with Crippen LogP contribution < -0.4 is 10.2 Å². The third kappa shape index (κ3) is 5.99. The number of anilines is 2. The van der Waals surface area contributed by atoms with E-state index in [1.54, 1.807) is 28.5 Å². The lowest BCUT2D eigenvalue weighted by molar-refractivity contribution is -0.117. The molecule has 35 heavy (non-hydrogen) atoms. The molecule has 1 saturated heterocycles. The summed E-state index contributed by atoms with van der Waals surface area (Å²) in [7, 11) is 0. The summed E-state index contributed by atoms with van der Waals surface area (Å²) in [6, 6.07) is 15.1. The first kappa shape index (κ1) is 24.3. The van der Waals surface area contributed by atoms with E-state index in [4.69, 9.17) is 0 Å². The molecule has 0 saturated carbocycles. The van der Waals surface area contributed by atoms with Crippen LogP contribution in [-0.2, 0) is 9.59 Å². The Kier molecular flexibility index (Phi) is 7.67. The van der Waals surface area contributed by atoms with E-state index in [1.165, 1.54) is 41.4 Å². The largest absolute Gasteiger partial charge is 0.350 e. The summed E-state index contributed by atoms with van der Waals surface area (Å²) in [5, 5.41) is 5.25. The second-order valence-corrected chi connectivity index (χ2v) is 8.97. The van der Waals surface area contributed by atoms with Gasteiger partial charge in [-0.2, -0.15) is 0 Å². The van der Waals surface area contributed by atoms with Crippen molar-refractivity contribution in [2.24, 2.45) is 0 Å². The van der Waals surface area contributed by atoms with Crippen LogP contribution in [-0.4, -0.2) is 46.7 Å². The lowest BCUT2D eigenvalue weighted by Gasteiger charge is -2.32. The molecule has 7 nitrogen and oxygen atoms in total. The van der Waals surface area contributed by atoms with Gasteiger partial charge in [0, 0.05) is 37.5 Å². The van der Waals surface area contributed by atoms with E-state index in [9.17, 15) is 18.8 Å². The average Bonchev–Trinajstić information content (AvgIpc) is 3.32. The quantitative estimate of drug-likeness (QED) is 0.517. The molecule has 2 aromatic carbocycles. The summed E-state index contributed by atoms with van der Waals surface area (Å²) in [4.78, 5) is 44.8. The first-order valence-corrected chi connectivity index (χ1v) is 12.1. The van der Waals surface area contributed by atoms with Gasteiger partial charge in [0.25, 0.3) is 5.91 Å². The molecule has 1 aromatic heterocycles. The first-order valence-electron chi connectivity index (χ1n) is 11.3. The van der Waals surface area contributed by atoms with Crippen molar-refractivity contribution in [2.45, 2.75) is 25.8 Å². The molecule has 0 atom stereocenters. The van der Waals surface area contributed by atoms with E-state index in [0.717, 1.165) is 5.69 Å². The highest BCUT2D eigenvalue weighted by atomic mass is 32.1. The molecular formula is C26H25FN4O3S. The summed E-state index contributed by atoms with van der Waals surface area (Å²) in [5.41, 5.74) is 1.37. The van der Waals surface area contributed by atoms with Crippen LogP contribution in [0.3, 0.4) is 0 Å². The number of benzene rings is 2. The molecule has 3 amide bonds. The number of hydrogen-bond donors (Lipinski definition) is 1. The minimum Gasteiger partial charge on any atom is -0.350 e. The Morgan fingerprint density at radius 1 is 1.09 bits per heavy atom. The highest BCUT2D eigenvalue weighted by Crippen LogP contribution is 2.29. The van der Waals surface area contributed by atoms with Crippen LogP contribution in [0.2, 0.25) is 0 Å². The number of rotatable bonds is 6. The number of piperidine rings is 1. The van der Waals surface area contributed by atoms with Gasteiger partial charge in [0.2, 0.25) is 11.8 Å². The highest BCUT2D eigenvalue weighted by molar-refractivity contribution is 7.14. The Morgan fingerprint density at radius 3 is 2.46 bits per heavy atom. The molecule has 0 aliphatic carbocycles. The zero-order valence-corrected chi connectivity index (χ0v) is 20.0. The molecule has 4 rings (SSSR count). The van der Waals surface area contributed by atoms with Crippen LogP contribution in [0.1, 0.15) is 35.8 Å². The number of amides is 3. The SMILES string of the molecule is CC(=O)N(c1ccccc1)c1nc(/C=C/C(=O)NC2CCN(C(=O)c3ccccc3F)CC2)cs1. The number of likely N-dealkylation sites (tertiary alicyclic amines) is 1. The molecule has 0 unspecified atom stereocenters. The molecule has 1 aliphatic rings. The summed E-state index contributed by atoms with van der Waals surface area (Å²) in [6.45, 7) is 2.36. The van der Waals surface area contributed by atoms with E-state index in [2.05, 4.69) is 10.3 Å². The number of para-hydroxylation sites is 1. The van der Waals surface area contributed by atoms with Gasteiger partial charge in [-0.05, 0) is 43.2 Å². The molecule has 1 N–H and O–H groups in total. The first-order chi connectivity index (χ1) is 16.9. The number of nitrogens with zero attached hydrogens (tertiary/aromatic N) is 3.